The number of nitrogens with one attached hydrogen (secondary N) is 2. The van der Waals surface area contributed by atoms with Gasteiger partial charge in [-0.05, 0) is 26.7 Å². The van der Waals surface area contributed by atoms with Crippen LogP contribution >= 0.6 is 0 Å². The third-order valence-corrected chi connectivity index (χ3v) is 5.47. The monoisotopic (exact) mass is 298 g/mol. The molecule has 2 N–H and O–H groups in total. The molecule has 1 aliphatic rings. The highest BCUT2D eigenvalue weighted by molar-refractivity contribution is 7.91. The van der Waals surface area contributed by atoms with Crippen LogP contribution in [0.4, 0.5) is 11.6 Å². The van der Waals surface area contributed by atoms with E-state index in [0.717, 1.165) is 30.2 Å². The van der Waals surface area contributed by atoms with Gasteiger partial charge in [-0.1, -0.05) is 6.92 Å². The predicted octanol–water partition coefficient (Wildman–Crippen LogP) is 1.46. The first-order valence-electron chi connectivity index (χ1n) is 6.95. The van der Waals surface area contributed by atoms with Crippen molar-refractivity contribution in [3.05, 3.63) is 11.9 Å². The summed E-state index contributed by atoms with van der Waals surface area (Å²) in [4.78, 5) is 8.54. The highest BCUT2D eigenvalue weighted by atomic mass is 32.2. The Morgan fingerprint density at radius 2 is 2.00 bits per heavy atom. The molecule has 0 bridgehead atoms. The van der Waals surface area contributed by atoms with E-state index in [1.807, 2.05) is 20.8 Å². The minimum atomic E-state index is -2.94. The molecule has 1 unspecified atom stereocenters. The molecule has 0 saturated carbocycles. The van der Waals surface area contributed by atoms with Gasteiger partial charge in [-0.2, -0.15) is 0 Å². The van der Waals surface area contributed by atoms with Crippen LogP contribution in [-0.4, -0.2) is 42.0 Å². The van der Waals surface area contributed by atoms with Gasteiger partial charge in [0.1, 0.15) is 18.0 Å². The molecule has 1 aromatic heterocycles. The van der Waals surface area contributed by atoms with Crippen LogP contribution in [0.15, 0.2) is 6.33 Å². The van der Waals surface area contributed by atoms with E-state index >= 15 is 0 Å². The Bertz CT molecular complexity index is 588. The topological polar surface area (TPSA) is 84.0 Å². The van der Waals surface area contributed by atoms with E-state index in [4.69, 9.17) is 0 Å². The molecule has 20 heavy (non-hydrogen) atoms. The molecular formula is C13H22N4O2S. The molecule has 1 saturated heterocycles. The molecule has 7 heteroatoms. The van der Waals surface area contributed by atoms with Gasteiger partial charge < -0.3 is 10.6 Å². The molecule has 0 aromatic carbocycles. The summed E-state index contributed by atoms with van der Waals surface area (Å²) in [6.45, 7) is 6.78. The van der Waals surface area contributed by atoms with Gasteiger partial charge in [0.25, 0.3) is 0 Å². The molecule has 0 radical (unpaired) electrons. The number of hydrogen-bond acceptors (Lipinski definition) is 6. The van der Waals surface area contributed by atoms with Crippen LogP contribution in [0, 0.1) is 0 Å². The van der Waals surface area contributed by atoms with Crippen LogP contribution in [0.1, 0.15) is 32.8 Å². The third kappa shape index (κ3) is 3.20. The SMILES string of the molecule is CCNc1ncnc(NC2(C)CCS(=O)(=O)C2)c1CC. The van der Waals surface area contributed by atoms with Crippen molar-refractivity contribution in [2.75, 3.05) is 28.7 Å². The number of aromatic nitrogens is 2. The highest BCUT2D eigenvalue weighted by Crippen LogP contribution is 2.29. The average Bonchev–Trinajstić information content (AvgIpc) is 2.64. The molecule has 0 amide bonds. The number of anilines is 2. The normalized spacial score (nSPS) is 24.6. The van der Waals surface area contributed by atoms with E-state index in [9.17, 15) is 8.42 Å². The van der Waals surface area contributed by atoms with Gasteiger partial charge in [0.15, 0.2) is 9.84 Å². The lowest BCUT2D eigenvalue weighted by molar-refractivity contribution is 0.571. The zero-order chi connectivity index (χ0) is 14.8. The largest absolute Gasteiger partial charge is 0.370 e. The first-order chi connectivity index (χ1) is 9.39. The first-order valence-corrected chi connectivity index (χ1v) is 8.77. The second kappa shape index (κ2) is 5.55. The summed E-state index contributed by atoms with van der Waals surface area (Å²) in [6.07, 6.45) is 2.90. The molecule has 1 atom stereocenters. The van der Waals surface area contributed by atoms with Crippen LogP contribution < -0.4 is 10.6 Å². The Labute approximate surface area is 120 Å². The van der Waals surface area contributed by atoms with Gasteiger partial charge in [0.2, 0.25) is 0 Å². The summed E-state index contributed by atoms with van der Waals surface area (Å²) in [7, 11) is -2.94. The van der Waals surface area contributed by atoms with E-state index in [2.05, 4.69) is 20.6 Å². The van der Waals surface area contributed by atoms with Crippen molar-refractivity contribution >= 4 is 21.5 Å². The number of nitrogens with zero attached hydrogens (tertiary/aromatic N) is 2. The maximum Gasteiger partial charge on any atom is 0.152 e. The van der Waals surface area contributed by atoms with Crippen LogP contribution in [-0.2, 0) is 16.3 Å². The van der Waals surface area contributed by atoms with Crippen LogP contribution in [0.5, 0.6) is 0 Å². The first kappa shape index (κ1) is 15.0. The van der Waals surface area contributed by atoms with Crippen molar-refractivity contribution < 1.29 is 8.42 Å². The van der Waals surface area contributed by atoms with Crippen LogP contribution in [0.2, 0.25) is 0 Å². The van der Waals surface area contributed by atoms with Gasteiger partial charge in [0, 0.05) is 12.1 Å². The Hall–Kier alpha value is -1.37. The molecule has 1 aromatic rings. The fraction of sp³-hybridized carbons (Fsp3) is 0.692. The minimum Gasteiger partial charge on any atom is -0.370 e. The maximum atomic E-state index is 11.7. The van der Waals surface area contributed by atoms with Crippen molar-refractivity contribution in [3.63, 3.8) is 0 Å². The minimum absolute atomic E-state index is 0.156. The Balaban J connectivity index is 2.27. The van der Waals surface area contributed by atoms with Gasteiger partial charge in [0.05, 0.1) is 17.0 Å². The molecule has 0 spiro atoms. The molecular weight excluding hydrogens is 276 g/mol. The summed E-state index contributed by atoms with van der Waals surface area (Å²) in [5.74, 6) is 1.95. The lowest BCUT2D eigenvalue weighted by Crippen LogP contribution is -2.36. The van der Waals surface area contributed by atoms with Gasteiger partial charge in [-0.3, -0.25) is 0 Å². The highest BCUT2D eigenvalue weighted by Gasteiger charge is 2.39. The van der Waals surface area contributed by atoms with Crippen molar-refractivity contribution in [3.8, 4) is 0 Å². The summed E-state index contributed by atoms with van der Waals surface area (Å²) in [5.41, 5.74) is 0.556. The molecule has 1 fully saturated rings. The molecule has 112 valence electrons. The molecule has 1 aliphatic heterocycles. The van der Waals surface area contributed by atoms with E-state index in [1.165, 1.54) is 6.33 Å². The van der Waals surface area contributed by atoms with Crippen molar-refractivity contribution in [2.24, 2.45) is 0 Å². The van der Waals surface area contributed by atoms with Gasteiger partial charge in [-0.15, -0.1) is 0 Å². The molecule has 2 heterocycles. The van der Waals surface area contributed by atoms with E-state index in [0.29, 0.717) is 6.42 Å². The number of hydrogen-bond donors (Lipinski definition) is 2. The Kier molecular flexibility index (Phi) is 4.17. The summed E-state index contributed by atoms with van der Waals surface area (Å²) in [5, 5.41) is 6.53. The molecule has 0 aliphatic carbocycles. The quantitative estimate of drug-likeness (QED) is 0.856. The molecule has 2 rings (SSSR count). The second-order valence-electron chi connectivity index (χ2n) is 5.46. The summed E-state index contributed by atoms with van der Waals surface area (Å²) < 4.78 is 23.4. The fourth-order valence-corrected chi connectivity index (χ4v) is 4.66. The Morgan fingerprint density at radius 3 is 2.55 bits per heavy atom. The average molecular weight is 298 g/mol. The van der Waals surface area contributed by atoms with Gasteiger partial charge >= 0.3 is 0 Å². The molecule has 6 nitrogen and oxygen atoms in total. The van der Waals surface area contributed by atoms with E-state index in [-0.39, 0.29) is 11.5 Å². The van der Waals surface area contributed by atoms with E-state index in [1.54, 1.807) is 0 Å². The van der Waals surface area contributed by atoms with Gasteiger partial charge in [-0.25, -0.2) is 18.4 Å². The zero-order valence-electron chi connectivity index (χ0n) is 12.2. The third-order valence-electron chi connectivity index (χ3n) is 3.57. The maximum absolute atomic E-state index is 11.7. The predicted molar refractivity (Wildman–Crippen MR) is 80.9 cm³/mol. The lowest BCUT2D eigenvalue weighted by Gasteiger charge is -2.26. The van der Waals surface area contributed by atoms with Crippen LogP contribution in [0.25, 0.3) is 0 Å². The summed E-state index contributed by atoms with van der Waals surface area (Å²) >= 11 is 0. The standard InChI is InChI=1S/C13H22N4O2S/c1-4-10-11(14-5-2)15-9-16-12(10)17-13(3)6-7-20(18,19)8-13/h9H,4-8H2,1-3H3,(H2,14,15,16,17). The van der Waals surface area contributed by atoms with Crippen molar-refractivity contribution in [1.82, 2.24) is 9.97 Å². The smallest absolute Gasteiger partial charge is 0.152 e. The Morgan fingerprint density at radius 1 is 1.30 bits per heavy atom. The van der Waals surface area contributed by atoms with Crippen LogP contribution in [0.3, 0.4) is 0 Å². The second-order valence-corrected chi connectivity index (χ2v) is 7.65. The summed E-state index contributed by atoms with van der Waals surface area (Å²) in [6, 6.07) is 0. The number of sulfone groups is 1. The zero-order valence-corrected chi connectivity index (χ0v) is 13.0. The van der Waals surface area contributed by atoms with E-state index < -0.39 is 15.4 Å². The van der Waals surface area contributed by atoms with Crippen molar-refractivity contribution in [1.29, 1.82) is 0 Å². The fourth-order valence-electron chi connectivity index (χ4n) is 2.57. The number of rotatable bonds is 5. The lowest BCUT2D eigenvalue weighted by atomic mass is 10.0. The van der Waals surface area contributed by atoms with Crippen molar-refractivity contribution in [2.45, 2.75) is 39.2 Å².